The fraction of sp³-hybridized carbons (Fsp3) is 0.867. The zero-order chi connectivity index (χ0) is 14.8. The lowest BCUT2D eigenvalue weighted by molar-refractivity contribution is -0.138. The zero-order valence-electron chi connectivity index (χ0n) is 12.5. The average molecular weight is 282 g/mol. The van der Waals surface area contributed by atoms with E-state index in [4.69, 9.17) is 5.11 Å². The number of carbonyl (C=O) groups excluding carboxylic acids is 1. The molecule has 114 valence electrons. The largest absolute Gasteiger partial charge is 0.480 e. The van der Waals surface area contributed by atoms with Gasteiger partial charge in [-0.15, -0.1) is 0 Å². The van der Waals surface area contributed by atoms with Crippen LogP contribution >= 0.6 is 0 Å². The summed E-state index contributed by atoms with van der Waals surface area (Å²) in [6.07, 6.45) is 7.11. The van der Waals surface area contributed by atoms with E-state index < -0.39 is 5.97 Å². The van der Waals surface area contributed by atoms with E-state index in [2.05, 4.69) is 19.2 Å². The number of urea groups is 1. The highest BCUT2D eigenvalue weighted by Gasteiger charge is 2.34. The minimum absolute atomic E-state index is 0.0977. The van der Waals surface area contributed by atoms with Crippen molar-refractivity contribution in [3.8, 4) is 0 Å². The maximum Gasteiger partial charge on any atom is 0.323 e. The van der Waals surface area contributed by atoms with Crippen LogP contribution in [0.3, 0.4) is 0 Å². The van der Waals surface area contributed by atoms with Gasteiger partial charge in [0.2, 0.25) is 0 Å². The number of carboxylic acids is 1. The predicted molar refractivity (Wildman–Crippen MR) is 76.5 cm³/mol. The first-order valence-electron chi connectivity index (χ1n) is 7.66. The SMILES string of the molecule is CC1(C)CCC(NC(=O)N(CC(=O)O)C2CCCC2)C1. The van der Waals surface area contributed by atoms with E-state index in [0.717, 1.165) is 44.9 Å². The van der Waals surface area contributed by atoms with E-state index in [9.17, 15) is 9.59 Å². The molecule has 0 spiro atoms. The fourth-order valence-electron chi connectivity index (χ4n) is 3.55. The van der Waals surface area contributed by atoms with Crippen LogP contribution in [0.4, 0.5) is 4.79 Å². The van der Waals surface area contributed by atoms with Crippen LogP contribution in [-0.2, 0) is 4.79 Å². The molecule has 1 atom stereocenters. The van der Waals surface area contributed by atoms with Gasteiger partial charge in [0.1, 0.15) is 6.54 Å². The normalized spacial score (nSPS) is 25.6. The number of nitrogens with one attached hydrogen (secondary N) is 1. The Balaban J connectivity index is 1.94. The Morgan fingerprint density at radius 1 is 1.25 bits per heavy atom. The number of hydrogen-bond donors (Lipinski definition) is 2. The molecule has 20 heavy (non-hydrogen) atoms. The first-order chi connectivity index (χ1) is 9.37. The second-order valence-electron chi connectivity index (χ2n) is 7.01. The van der Waals surface area contributed by atoms with Gasteiger partial charge >= 0.3 is 12.0 Å². The van der Waals surface area contributed by atoms with E-state index in [0.29, 0.717) is 0 Å². The highest BCUT2D eigenvalue weighted by Crippen LogP contribution is 2.37. The Labute approximate surface area is 120 Å². The van der Waals surface area contributed by atoms with Gasteiger partial charge in [0, 0.05) is 12.1 Å². The molecule has 5 nitrogen and oxygen atoms in total. The average Bonchev–Trinajstić information content (AvgIpc) is 2.95. The summed E-state index contributed by atoms with van der Waals surface area (Å²) < 4.78 is 0. The third-order valence-electron chi connectivity index (χ3n) is 4.63. The molecule has 2 rings (SSSR count). The number of hydrogen-bond acceptors (Lipinski definition) is 2. The molecule has 2 fully saturated rings. The molecule has 1 unspecified atom stereocenters. The van der Waals surface area contributed by atoms with E-state index in [-0.39, 0.29) is 30.1 Å². The van der Waals surface area contributed by atoms with Crippen molar-refractivity contribution in [2.45, 2.75) is 70.9 Å². The van der Waals surface area contributed by atoms with E-state index in [1.165, 1.54) is 4.90 Å². The Bertz CT molecular complexity index is 375. The van der Waals surface area contributed by atoms with Gasteiger partial charge < -0.3 is 15.3 Å². The molecular formula is C15H26N2O3. The summed E-state index contributed by atoms with van der Waals surface area (Å²) in [5.74, 6) is -0.932. The van der Waals surface area contributed by atoms with Crippen LogP contribution in [0.25, 0.3) is 0 Å². The van der Waals surface area contributed by atoms with Crippen molar-refractivity contribution in [2.75, 3.05) is 6.54 Å². The molecule has 0 radical (unpaired) electrons. The molecule has 0 aromatic carbocycles. The zero-order valence-corrected chi connectivity index (χ0v) is 12.5. The predicted octanol–water partition coefficient (Wildman–Crippen LogP) is 2.60. The van der Waals surface area contributed by atoms with Gasteiger partial charge in [-0.2, -0.15) is 0 Å². The lowest BCUT2D eigenvalue weighted by Gasteiger charge is -2.29. The molecule has 0 aromatic rings. The molecule has 0 heterocycles. The van der Waals surface area contributed by atoms with Crippen molar-refractivity contribution >= 4 is 12.0 Å². The van der Waals surface area contributed by atoms with Gasteiger partial charge in [-0.25, -0.2) is 4.79 Å². The lowest BCUT2D eigenvalue weighted by Crippen LogP contribution is -2.50. The van der Waals surface area contributed by atoms with Crippen LogP contribution < -0.4 is 5.32 Å². The molecule has 0 aliphatic heterocycles. The van der Waals surface area contributed by atoms with Crippen molar-refractivity contribution in [3.05, 3.63) is 0 Å². The molecule has 2 N–H and O–H groups in total. The summed E-state index contributed by atoms with van der Waals surface area (Å²) in [6.45, 7) is 4.24. The second-order valence-corrected chi connectivity index (χ2v) is 7.01. The molecule has 2 amide bonds. The molecule has 2 saturated carbocycles. The van der Waals surface area contributed by atoms with Crippen LogP contribution in [0.1, 0.15) is 58.8 Å². The fourth-order valence-corrected chi connectivity index (χ4v) is 3.55. The Hall–Kier alpha value is -1.26. The molecule has 0 saturated heterocycles. The number of carboxylic acid groups (broad SMARTS) is 1. The summed E-state index contributed by atoms with van der Waals surface area (Å²) in [6, 6.07) is 0.0951. The number of carbonyl (C=O) groups is 2. The minimum atomic E-state index is -0.932. The van der Waals surface area contributed by atoms with Crippen molar-refractivity contribution < 1.29 is 14.7 Å². The van der Waals surface area contributed by atoms with Crippen molar-refractivity contribution in [3.63, 3.8) is 0 Å². The first-order valence-corrected chi connectivity index (χ1v) is 7.66. The molecule has 5 heteroatoms. The summed E-state index contributed by atoms with van der Waals surface area (Å²) in [5, 5.41) is 12.1. The summed E-state index contributed by atoms with van der Waals surface area (Å²) >= 11 is 0. The smallest absolute Gasteiger partial charge is 0.323 e. The first kappa shape index (κ1) is 15.1. The number of rotatable bonds is 4. The third kappa shape index (κ3) is 3.87. The Kier molecular flexibility index (Phi) is 4.55. The molecule has 0 bridgehead atoms. The standard InChI is InChI=1S/C15H26N2O3/c1-15(2)8-7-11(9-15)16-14(20)17(10-13(18)19)12-5-3-4-6-12/h11-12H,3-10H2,1-2H3,(H,16,20)(H,18,19). The van der Waals surface area contributed by atoms with Gasteiger partial charge in [0.15, 0.2) is 0 Å². The van der Waals surface area contributed by atoms with Crippen LogP contribution in [0.15, 0.2) is 0 Å². The lowest BCUT2D eigenvalue weighted by atomic mass is 9.92. The Morgan fingerprint density at radius 2 is 1.90 bits per heavy atom. The van der Waals surface area contributed by atoms with Crippen molar-refractivity contribution in [1.82, 2.24) is 10.2 Å². The quantitative estimate of drug-likeness (QED) is 0.832. The van der Waals surface area contributed by atoms with Crippen LogP contribution in [0.2, 0.25) is 0 Å². The summed E-state index contributed by atoms with van der Waals surface area (Å²) in [7, 11) is 0. The second kappa shape index (κ2) is 6.02. The summed E-state index contributed by atoms with van der Waals surface area (Å²) in [5.41, 5.74) is 0.281. The van der Waals surface area contributed by atoms with Gasteiger partial charge in [-0.1, -0.05) is 26.7 Å². The highest BCUT2D eigenvalue weighted by atomic mass is 16.4. The van der Waals surface area contributed by atoms with Crippen LogP contribution in [-0.4, -0.2) is 40.6 Å². The van der Waals surface area contributed by atoms with Crippen LogP contribution in [0.5, 0.6) is 0 Å². The maximum absolute atomic E-state index is 12.4. The highest BCUT2D eigenvalue weighted by molar-refractivity contribution is 5.80. The molecule has 0 aromatic heterocycles. The number of amides is 2. The topological polar surface area (TPSA) is 69.6 Å². The molecule has 2 aliphatic carbocycles. The summed E-state index contributed by atoms with van der Waals surface area (Å²) in [4.78, 5) is 24.9. The van der Waals surface area contributed by atoms with Crippen molar-refractivity contribution in [1.29, 1.82) is 0 Å². The maximum atomic E-state index is 12.4. The number of aliphatic carboxylic acids is 1. The van der Waals surface area contributed by atoms with Gasteiger partial charge in [0.05, 0.1) is 0 Å². The van der Waals surface area contributed by atoms with Crippen molar-refractivity contribution in [2.24, 2.45) is 5.41 Å². The molecule has 2 aliphatic rings. The van der Waals surface area contributed by atoms with Gasteiger partial charge in [-0.3, -0.25) is 4.79 Å². The van der Waals surface area contributed by atoms with Gasteiger partial charge in [-0.05, 0) is 37.5 Å². The molecular weight excluding hydrogens is 256 g/mol. The monoisotopic (exact) mass is 282 g/mol. The number of nitrogens with zero attached hydrogens (tertiary/aromatic N) is 1. The van der Waals surface area contributed by atoms with E-state index in [1.807, 2.05) is 0 Å². The van der Waals surface area contributed by atoms with E-state index in [1.54, 1.807) is 0 Å². The van der Waals surface area contributed by atoms with Crippen LogP contribution in [0, 0.1) is 5.41 Å². The Morgan fingerprint density at radius 3 is 2.40 bits per heavy atom. The minimum Gasteiger partial charge on any atom is -0.480 e. The van der Waals surface area contributed by atoms with Gasteiger partial charge in [0.25, 0.3) is 0 Å². The van der Waals surface area contributed by atoms with E-state index >= 15 is 0 Å². The third-order valence-corrected chi connectivity index (χ3v) is 4.63.